The van der Waals surface area contributed by atoms with Crippen LogP contribution < -0.4 is 17.4 Å². The van der Waals surface area contributed by atoms with Gasteiger partial charge in [-0.25, -0.2) is 0 Å². The van der Waals surface area contributed by atoms with E-state index in [0.717, 1.165) is 16.7 Å². The zero-order chi connectivity index (χ0) is 22.0. The Bertz CT molecular complexity index is 905. The molecule has 7 N–H and O–H groups in total. The fourth-order valence-corrected chi connectivity index (χ4v) is 4.25. The summed E-state index contributed by atoms with van der Waals surface area (Å²) in [5.41, 5.74) is 14.7. The van der Waals surface area contributed by atoms with E-state index in [2.05, 4.69) is 77.1 Å². The molecule has 0 saturated carbocycles. The molecule has 0 fully saturated rings. The zero-order valence-corrected chi connectivity index (χ0v) is 18.5. The second-order valence-electron chi connectivity index (χ2n) is 9.36. The van der Waals surface area contributed by atoms with Gasteiger partial charge in [0.25, 0.3) is 0 Å². The van der Waals surface area contributed by atoms with Crippen molar-refractivity contribution in [2.75, 3.05) is 0 Å². The van der Waals surface area contributed by atoms with E-state index in [1.807, 2.05) is 12.1 Å². The molecule has 4 heteroatoms. The van der Waals surface area contributed by atoms with Gasteiger partial charge < -0.3 is 5.73 Å². The second-order valence-corrected chi connectivity index (χ2v) is 9.36. The molecule has 0 unspecified atom stereocenters. The molecule has 156 valence electrons. The summed E-state index contributed by atoms with van der Waals surface area (Å²) >= 11 is 0. The van der Waals surface area contributed by atoms with Crippen LogP contribution in [0.1, 0.15) is 73.9 Å². The first-order valence-corrected chi connectivity index (χ1v) is 10.1. The van der Waals surface area contributed by atoms with Gasteiger partial charge in [0, 0.05) is 6.42 Å². The SMILES string of the molecule is C=C(c1ccc(CC(=N)N)cc1)c1cc2c(cc1C)C(C)(C)CCC2(C)C.NN. The highest BCUT2D eigenvalue weighted by molar-refractivity contribution is 5.82. The van der Waals surface area contributed by atoms with Crippen molar-refractivity contribution in [2.45, 2.75) is 64.7 Å². The number of amidine groups is 1. The van der Waals surface area contributed by atoms with Gasteiger partial charge in [-0.05, 0) is 69.5 Å². The lowest BCUT2D eigenvalue weighted by atomic mass is 9.62. The monoisotopic (exact) mass is 392 g/mol. The van der Waals surface area contributed by atoms with Crippen LogP contribution in [0.3, 0.4) is 0 Å². The van der Waals surface area contributed by atoms with Gasteiger partial charge in [0.05, 0.1) is 5.84 Å². The third-order valence-electron chi connectivity index (χ3n) is 6.22. The quantitative estimate of drug-likeness (QED) is 0.262. The topological polar surface area (TPSA) is 102 Å². The zero-order valence-electron chi connectivity index (χ0n) is 18.5. The Morgan fingerprint density at radius 2 is 1.45 bits per heavy atom. The van der Waals surface area contributed by atoms with Crippen molar-refractivity contribution in [1.29, 1.82) is 5.41 Å². The first-order valence-electron chi connectivity index (χ1n) is 10.1. The van der Waals surface area contributed by atoms with E-state index in [4.69, 9.17) is 11.1 Å². The summed E-state index contributed by atoms with van der Waals surface area (Å²) in [6, 6.07) is 13.0. The van der Waals surface area contributed by atoms with Crippen molar-refractivity contribution in [3.8, 4) is 0 Å². The van der Waals surface area contributed by atoms with Crippen LogP contribution >= 0.6 is 0 Å². The van der Waals surface area contributed by atoms with Crippen molar-refractivity contribution in [3.05, 3.63) is 76.4 Å². The van der Waals surface area contributed by atoms with E-state index < -0.39 is 0 Å². The highest BCUT2D eigenvalue weighted by atomic mass is 15.0. The predicted octanol–water partition coefficient (Wildman–Crippen LogP) is 4.70. The highest BCUT2D eigenvalue weighted by Crippen LogP contribution is 2.47. The van der Waals surface area contributed by atoms with Crippen LogP contribution in [0.5, 0.6) is 0 Å². The predicted molar refractivity (Wildman–Crippen MR) is 125 cm³/mol. The Balaban J connectivity index is 0.00000145. The number of benzene rings is 2. The Morgan fingerprint density at radius 3 is 1.93 bits per heavy atom. The normalized spacial score (nSPS) is 16.2. The van der Waals surface area contributed by atoms with Crippen molar-refractivity contribution in [1.82, 2.24) is 0 Å². The number of nitrogens with two attached hydrogens (primary N) is 3. The van der Waals surface area contributed by atoms with E-state index in [9.17, 15) is 0 Å². The van der Waals surface area contributed by atoms with Gasteiger partial charge in [0.15, 0.2) is 0 Å². The Kier molecular flexibility index (Phi) is 6.71. The van der Waals surface area contributed by atoms with E-state index in [1.165, 1.54) is 35.1 Å². The largest absolute Gasteiger partial charge is 0.387 e. The molecule has 2 aromatic carbocycles. The Labute approximate surface area is 175 Å². The first kappa shape index (κ1) is 22.9. The molecule has 1 aliphatic carbocycles. The van der Waals surface area contributed by atoms with Gasteiger partial charge >= 0.3 is 0 Å². The average molecular weight is 393 g/mol. The van der Waals surface area contributed by atoms with Crippen molar-refractivity contribution < 1.29 is 0 Å². The highest BCUT2D eigenvalue weighted by Gasteiger charge is 2.37. The third kappa shape index (κ3) is 4.77. The number of hydrogen-bond donors (Lipinski definition) is 4. The fourth-order valence-electron chi connectivity index (χ4n) is 4.25. The number of hydrogen-bond acceptors (Lipinski definition) is 3. The second kappa shape index (κ2) is 8.52. The lowest BCUT2D eigenvalue weighted by Crippen LogP contribution is -2.34. The van der Waals surface area contributed by atoms with Crippen LogP contribution in [0.25, 0.3) is 5.57 Å². The van der Waals surface area contributed by atoms with Gasteiger partial charge in [-0.2, -0.15) is 0 Å². The molecule has 0 spiro atoms. The summed E-state index contributed by atoms with van der Waals surface area (Å²) in [6.45, 7) is 16.1. The summed E-state index contributed by atoms with van der Waals surface area (Å²) in [4.78, 5) is 0. The molecular weight excluding hydrogens is 356 g/mol. The molecule has 2 aromatic rings. The Morgan fingerprint density at radius 1 is 0.966 bits per heavy atom. The van der Waals surface area contributed by atoms with Gasteiger partial charge in [0.2, 0.25) is 0 Å². The molecule has 0 heterocycles. The number of hydrazine groups is 1. The lowest BCUT2D eigenvalue weighted by molar-refractivity contribution is 0.331. The maximum atomic E-state index is 7.45. The molecule has 0 aliphatic heterocycles. The molecule has 0 bridgehead atoms. The van der Waals surface area contributed by atoms with Gasteiger partial charge in [-0.15, -0.1) is 0 Å². The molecule has 4 nitrogen and oxygen atoms in total. The number of rotatable bonds is 4. The summed E-state index contributed by atoms with van der Waals surface area (Å²) < 4.78 is 0. The molecule has 0 amide bonds. The Hall–Kier alpha value is -2.43. The maximum Gasteiger partial charge on any atom is 0.0950 e. The van der Waals surface area contributed by atoms with Crippen molar-refractivity contribution >= 4 is 11.4 Å². The van der Waals surface area contributed by atoms with E-state index in [-0.39, 0.29) is 16.7 Å². The molecule has 0 radical (unpaired) electrons. The summed E-state index contributed by atoms with van der Waals surface area (Å²) in [6.07, 6.45) is 2.93. The molecular formula is C25H36N4. The smallest absolute Gasteiger partial charge is 0.0950 e. The van der Waals surface area contributed by atoms with Crippen LogP contribution in [-0.2, 0) is 17.3 Å². The first-order chi connectivity index (χ1) is 13.5. The van der Waals surface area contributed by atoms with Gasteiger partial charge in [-0.1, -0.05) is 70.7 Å². The summed E-state index contributed by atoms with van der Waals surface area (Å²) in [7, 11) is 0. The van der Waals surface area contributed by atoms with Crippen LogP contribution in [0, 0.1) is 12.3 Å². The van der Waals surface area contributed by atoms with Crippen molar-refractivity contribution in [3.63, 3.8) is 0 Å². The van der Waals surface area contributed by atoms with Crippen LogP contribution in [0.2, 0.25) is 0 Å². The van der Waals surface area contributed by atoms with E-state index >= 15 is 0 Å². The van der Waals surface area contributed by atoms with Crippen LogP contribution in [0.4, 0.5) is 0 Å². The molecule has 0 aromatic heterocycles. The average Bonchev–Trinajstić information content (AvgIpc) is 2.66. The minimum atomic E-state index is 0.192. The van der Waals surface area contributed by atoms with Gasteiger partial charge in [-0.3, -0.25) is 17.1 Å². The maximum absolute atomic E-state index is 7.45. The number of nitrogens with one attached hydrogen (secondary N) is 1. The van der Waals surface area contributed by atoms with E-state index in [1.54, 1.807) is 0 Å². The molecule has 29 heavy (non-hydrogen) atoms. The molecule has 3 rings (SSSR count). The lowest BCUT2D eigenvalue weighted by Gasteiger charge is -2.42. The van der Waals surface area contributed by atoms with Gasteiger partial charge in [0.1, 0.15) is 0 Å². The standard InChI is InChI=1S/C25H32N2.H4N2/c1-16-13-21-22(25(5,6)12-11-24(21,3)4)15-20(16)17(2)19-9-7-18(8-10-19)14-23(26)27;1-2/h7-10,13,15H,2,11-12,14H2,1,3-6H3,(H3,26,27);1-2H2. The van der Waals surface area contributed by atoms with Crippen LogP contribution in [0.15, 0.2) is 43.0 Å². The minimum Gasteiger partial charge on any atom is -0.387 e. The number of aryl methyl sites for hydroxylation is 1. The minimum absolute atomic E-state index is 0.192. The molecule has 1 aliphatic rings. The van der Waals surface area contributed by atoms with Crippen LogP contribution in [-0.4, -0.2) is 5.84 Å². The fraction of sp³-hybridized carbons (Fsp3) is 0.400. The van der Waals surface area contributed by atoms with Crippen molar-refractivity contribution in [2.24, 2.45) is 17.4 Å². The molecule has 0 saturated heterocycles. The third-order valence-corrected chi connectivity index (χ3v) is 6.22. The van der Waals surface area contributed by atoms with E-state index in [0.29, 0.717) is 6.42 Å². The summed E-state index contributed by atoms with van der Waals surface area (Å²) in [5, 5.41) is 7.45. The molecule has 0 atom stereocenters. The number of fused-ring (bicyclic) bond motifs is 1. The summed E-state index contributed by atoms with van der Waals surface area (Å²) in [5.74, 6) is 8.19.